The van der Waals surface area contributed by atoms with Crippen LogP contribution in [0.3, 0.4) is 0 Å². The summed E-state index contributed by atoms with van der Waals surface area (Å²) in [4.78, 5) is 18.1. The van der Waals surface area contributed by atoms with Gasteiger partial charge < -0.3 is 30.2 Å². The highest BCUT2D eigenvalue weighted by Crippen LogP contribution is 2.57. The zero-order chi connectivity index (χ0) is 18.1. The number of phenolic OH excluding ortho intramolecular Hbond substituents is 2. The van der Waals surface area contributed by atoms with Gasteiger partial charge in [-0.15, -0.1) is 0 Å². The SMILES string of the molecule is CC(c1cccc(O)c1)C(O)(O)c1c(O)cccc1SP(=O)(O)O. The fraction of sp³-hybridized carbons (Fsp3) is 0.200. The van der Waals surface area contributed by atoms with Crippen molar-refractivity contribution in [2.45, 2.75) is 23.5 Å². The molecule has 0 amide bonds. The molecule has 1 atom stereocenters. The van der Waals surface area contributed by atoms with Crippen molar-refractivity contribution >= 4 is 18.2 Å². The lowest BCUT2D eigenvalue weighted by atomic mass is 9.87. The predicted octanol–water partition coefficient (Wildman–Crippen LogP) is 2.22. The minimum atomic E-state index is -4.57. The van der Waals surface area contributed by atoms with Crippen molar-refractivity contribution in [1.29, 1.82) is 0 Å². The molecule has 2 aromatic rings. The summed E-state index contributed by atoms with van der Waals surface area (Å²) in [5.74, 6) is -4.21. The Bertz CT molecular complexity index is 787. The van der Waals surface area contributed by atoms with Crippen LogP contribution < -0.4 is 0 Å². The second-order valence-electron chi connectivity index (χ2n) is 5.27. The van der Waals surface area contributed by atoms with Gasteiger partial charge in [0.2, 0.25) is 5.79 Å². The molecule has 0 heterocycles. The van der Waals surface area contributed by atoms with Gasteiger partial charge in [-0.3, -0.25) is 0 Å². The van der Waals surface area contributed by atoms with E-state index in [0.29, 0.717) is 5.56 Å². The molecule has 0 aliphatic carbocycles. The summed E-state index contributed by atoms with van der Waals surface area (Å²) in [5, 5.41) is 40.8. The van der Waals surface area contributed by atoms with Crippen molar-refractivity contribution in [3.05, 3.63) is 53.6 Å². The molecule has 2 rings (SSSR count). The molecule has 2 aromatic carbocycles. The number of aliphatic hydroxyl groups is 2. The summed E-state index contributed by atoms with van der Waals surface area (Å²) >= 11 is 0.121. The first-order valence-electron chi connectivity index (χ1n) is 6.83. The van der Waals surface area contributed by atoms with E-state index in [-0.39, 0.29) is 22.0 Å². The van der Waals surface area contributed by atoms with E-state index in [1.807, 2.05) is 0 Å². The standard InChI is InChI=1S/C15H17O7PS/c1-9(10-4-2-5-11(16)8-10)15(18,19)14-12(17)6-3-7-13(14)24-23(20,21)22/h2-9,16-19H,1H3,(H2,20,21,22). The Morgan fingerprint density at radius 1 is 1.08 bits per heavy atom. The molecule has 130 valence electrons. The number of hydrogen-bond donors (Lipinski definition) is 6. The third kappa shape index (κ3) is 4.10. The van der Waals surface area contributed by atoms with Gasteiger partial charge >= 0.3 is 6.80 Å². The van der Waals surface area contributed by atoms with Crippen LogP contribution in [0.4, 0.5) is 0 Å². The van der Waals surface area contributed by atoms with Crippen molar-refractivity contribution < 1.29 is 34.8 Å². The van der Waals surface area contributed by atoms with Crippen molar-refractivity contribution in [1.82, 2.24) is 0 Å². The molecule has 0 radical (unpaired) electrons. The van der Waals surface area contributed by atoms with Crippen molar-refractivity contribution in [3.63, 3.8) is 0 Å². The van der Waals surface area contributed by atoms with Crippen molar-refractivity contribution in [2.24, 2.45) is 0 Å². The molecular weight excluding hydrogens is 355 g/mol. The topological polar surface area (TPSA) is 138 Å². The van der Waals surface area contributed by atoms with Crippen LogP contribution in [-0.2, 0) is 10.4 Å². The maximum atomic E-state index is 11.3. The van der Waals surface area contributed by atoms with Crippen LogP contribution in [0.25, 0.3) is 0 Å². The summed E-state index contributed by atoms with van der Waals surface area (Å²) in [6.45, 7) is -3.12. The Kier molecular flexibility index (Phi) is 5.29. The first kappa shape index (κ1) is 18.8. The number of benzene rings is 2. The van der Waals surface area contributed by atoms with Crippen LogP contribution >= 0.6 is 18.2 Å². The fourth-order valence-corrected chi connectivity index (χ4v) is 4.30. The number of hydrogen-bond acceptors (Lipinski definition) is 6. The zero-order valence-corrected chi connectivity index (χ0v) is 14.3. The third-order valence-electron chi connectivity index (χ3n) is 3.56. The average Bonchev–Trinajstić information content (AvgIpc) is 2.44. The van der Waals surface area contributed by atoms with Gasteiger partial charge in [-0.05, 0) is 41.2 Å². The lowest BCUT2D eigenvalue weighted by Crippen LogP contribution is -2.32. The van der Waals surface area contributed by atoms with Gasteiger partial charge in [0, 0.05) is 10.8 Å². The Labute approximate surface area is 142 Å². The molecule has 0 aliphatic heterocycles. The van der Waals surface area contributed by atoms with E-state index in [9.17, 15) is 25.0 Å². The molecule has 24 heavy (non-hydrogen) atoms. The summed E-state index contributed by atoms with van der Waals surface area (Å²) in [7, 11) is 0. The molecule has 0 saturated heterocycles. The average molecular weight is 372 g/mol. The van der Waals surface area contributed by atoms with E-state index in [1.54, 1.807) is 6.07 Å². The molecular formula is C15H17O7PS. The Balaban J connectivity index is 2.54. The lowest BCUT2D eigenvalue weighted by Gasteiger charge is -2.31. The highest BCUT2D eigenvalue weighted by molar-refractivity contribution is 8.54. The lowest BCUT2D eigenvalue weighted by molar-refractivity contribution is -0.187. The van der Waals surface area contributed by atoms with E-state index < -0.39 is 29.8 Å². The molecule has 9 heteroatoms. The minimum Gasteiger partial charge on any atom is -0.508 e. The summed E-state index contributed by atoms with van der Waals surface area (Å²) in [5.41, 5.74) is -0.0375. The van der Waals surface area contributed by atoms with E-state index in [2.05, 4.69) is 0 Å². The Morgan fingerprint density at radius 2 is 1.71 bits per heavy atom. The molecule has 0 bridgehead atoms. The van der Waals surface area contributed by atoms with E-state index in [0.717, 1.165) is 0 Å². The van der Waals surface area contributed by atoms with Gasteiger partial charge in [-0.1, -0.05) is 25.1 Å². The van der Waals surface area contributed by atoms with Gasteiger partial charge in [0.15, 0.2) is 0 Å². The fourth-order valence-electron chi connectivity index (χ4n) is 2.34. The predicted molar refractivity (Wildman–Crippen MR) is 88.6 cm³/mol. The molecule has 7 nitrogen and oxygen atoms in total. The summed E-state index contributed by atoms with van der Waals surface area (Å²) < 4.78 is 11.3. The quantitative estimate of drug-likeness (QED) is 0.347. The smallest absolute Gasteiger partial charge is 0.388 e. The van der Waals surface area contributed by atoms with E-state index >= 15 is 0 Å². The van der Waals surface area contributed by atoms with E-state index in [4.69, 9.17) is 9.79 Å². The van der Waals surface area contributed by atoms with Gasteiger partial charge in [0.1, 0.15) is 11.5 Å². The van der Waals surface area contributed by atoms with Crippen molar-refractivity contribution in [3.8, 4) is 11.5 Å². The first-order valence-corrected chi connectivity index (χ1v) is 9.87. The minimum absolute atomic E-state index is 0.0720. The van der Waals surface area contributed by atoms with Crippen LogP contribution in [0.2, 0.25) is 0 Å². The second kappa shape index (κ2) is 6.76. The maximum Gasteiger partial charge on any atom is 0.388 e. The molecule has 0 aromatic heterocycles. The number of aromatic hydroxyl groups is 2. The Morgan fingerprint density at radius 3 is 2.29 bits per heavy atom. The highest BCUT2D eigenvalue weighted by atomic mass is 32.7. The zero-order valence-electron chi connectivity index (χ0n) is 12.6. The molecule has 0 aliphatic rings. The normalized spacial score (nSPS) is 13.7. The monoisotopic (exact) mass is 372 g/mol. The van der Waals surface area contributed by atoms with Gasteiger partial charge in [-0.25, -0.2) is 4.57 Å². The molecule has 6 N–H and O–H groups in total. The van der Waals surface area contributed by atoms with Crippen LogP contribution in [0.1, 0.15) is 24.0 Å². The largest absolute Gasteiger partial charge is 0.508 e. The van der Waals surface area contributed by atoms with Gasteiger partial charge in [0.25, 0.3) is 0 Å². The van der Waals surface area contributed by atoms with Crippen LogP contribution in [0, 0.1) is 0 Å². The summed E-state index contributed by atoms with van der Waals surface area (Å²) in [6, 6.07) is 9.63. The van der Waals surface area contributed by atoms with E-state index in [1.165, 1.54) is 43.3 Å². The molecule has 0 fully saturated rings. The molecule has 0 spiro atoms. The number of rotatable bonds is 5. The van der Waals surface area contributed by atoms with Gasteiger partial charge in [0.05, 0.1) is 5.56 Å². The van der Waals surface area contributed by atoms with Crippen LogP contribution in [0.15, 0.2) is 47.4 Å². The third-order valence-corrected chi connectivity index (χ3v) is 5.64. The second-order valence-corrected chi connectivity index (χ2v) is 8.85. The van der Waals surface area contributed by atoms with Crippen LogP contribution in [0.5, 0.6) is 11.5 Å². The first-order chi connectivity index (χ1) is 11.0. The maximum absolute atomic E-state index is 11.3. The molecule has 0 saturated carbocycles. The van der Waals surface area contributed by atoms with Gasteiger partial charge in [-0.2, -0.15) is 0 Å². The number of phenols is 2. The Hall–Kier alpha value is -1.54. The molecule has 1 unspecified atom stereocenters. The highest BCUT2D eigenvalue weighted by Gasteiger charge is 2.40. The van der Waals surface area contributed by atoms with Crippen LogP contribution in [-0.4, -0.2) is 30.2 Å². The van der Waals surface area contributed by atoms with Crippen molar-refractivity contribution in [2.75, 3.05) is 0 Å². The summed E-state index contributed by atoms with van der Waals surface area (Å²) in [6.07, 6.45) is 0.